The Bertz CT molecular complexity index is 2500. The van der Waals surface area contributed by atoms with Crippen molar-refractivity contribution in [1.82, 2.24) is 9.99 Å². The molecule has 0 bridgehead atoms. The highest BCUT2D eigenvalue weighted by molar-refractivity contribution is 6.33. The number of allylic oxidation sites excluding steroid dienone is 3. The summed E-state index contributed by atoms with van der Waals surface area (Å²) >= 11 is 12.6. The first-order chi connectivity index (χ1) is 28.6. The second kappa shape index (κ2) is 15.2. The molecule has 4 amide bonds. The molecule has 60 heavy (non-hydrogen) atoms. The minimum absolute atomic E-state index is 0.0555. The lowest BCUT2D eigenvalue weighted by Gasteiger charge is -2.49. The van der Waals surface area contributed by atoms with Crippen LogP contribution in [0.1, 0.15) is 35.1 Å². The maximum atomic E-state index is 15.4. The van der Waals surface area contributed by atoms with E-state index >= 15 is 4.79 Å². The highest BCUT2D eigenvalue weighted by Gasteiger charge is 2.69. The van der Waals surface area contributed by atoms with E-state index in [4.69, 9.17) is 32.7 Å². The highest BCUT2D eigenvalue weighted by atomic mass is 35.5. The summed E-state index contributed by atoms with van der Waals surface area (Å²) in [5, 5.41) is 11.2. The molecule has 0 radical (unpaired) electrons. The zero-order valence-corrected chi connectivity index (χ0v) is 33.4. The predicted octanol–water partition coefficient (Wildman–Crippen LogP) is 8.51. The number of carbonyl (C=O) groups is 4. The first-order valence-corrected chi connectivity index (χ1v) is 19.5. The number of carbonyl (C=O) groups excluding carboxylic acids is 4. The Balaban J connectivity index is 1.30. The van der Waals surface area contributed by atoms with E-state index in [0.717, 1.165) is 10.6 Å². The molecule has 3 heterocycles. The van der Waals surface area contributed by atoms with Crippen molar-refractivity contribution < 1.29 is 46.9 Å². The van der Waals surface area contributed by atoms with E-state index in [1.807, 2.05) is 6.08 Å². The molecular weight excluding hydrogens is 824 g/mol. The lowest BCUT2D eigenvalue weighted by atomic mass is 9.50. The summed E-state index contributed by atoms with van der Waals surface area (Å²) in [7, 11) is 2.74. The van der Waals surface area contributed by atoms with Gasteiger partial charge in [0.05, 0.1) is 53.7 Å². The molecule has 11 nitrogen and oxygen atoms in total. The summed E-state index contributed by atoms with van der Waals surface area (Å²) < 4.78 is 51.4. The molecule has 6 atom stereocenters. The van der Waals surface area contributed by atoms with Crippen LogP contribution in [0.15, 0.2) is 97.2 Å². The molecule has 8 rings (SSSR count). The number of hydrazine groups is 1. The van der Waals surface area contributed by atoms with Crippen LogP contribution in [0.4, 0.5) is 24.7 Å². The van der Waals surface area contributed by atoms with E-state index in [-0.39, 0.29) is 35.9 Å². The third-order valence-electron chi connectivity index (χ3n) is 12.0. The normalized spacial score (nSPS) is 24.9. The Morgan fingerprint density at radius 2 is 1.58 bits per heavy atom. The monoisotopic (exact) mass is 858 g/mol. The predicted molar refractivity (Wildman–Crippen MR) is 217 cm³/mol. The summed E-state index contributed by atoms with van der Waals surface area (Å²) in [6.07, 6.45) is 2.78. The first-order valence-electron chi connectivity index (χ1n) is 18.7. The van der Waals surface area contributed by atoms with E-state index in [0.29, 0.717) is 39.7 Å². The number of rotatable bonds is 9. The summed E-state index contributed by atoms with van der Waals surface area (Å²) in [4.78, 5) is 64.0. The number of phenolic OH excluding ortho intramolecular Hbond substituents is 1. The summed E-state index contributed by atoms with van der Waals surface area (Å²) in [6, 6.07) is 17.0. The average molecular weight is 860 g/mol. The van der Waals surface area contributed by atoms with Gasteiger partial charge in [0.25, 0.3) is 11.8 Å². The number of nitrogens with zero attached hydrogens (tertiary/aromatic N) is 3. The molecule has 4 aliphatic rings. The van der Waals surface area contributed by atoms with Gasteiger partial charge in [-0.15, -0.1) is 0 Å². The molecule has 2 N–H and O–H groups in total. The number of hydrogen-bond donors (Lipinski definition) is 2. The second-order valence-corrected chi connectivity index (χ2v) is 15.7. The summed E-state index contributed by atoms with van der Waals surface area (Å²) in [5.41, 5.74) is 2.42. The van der Waals surface area contributed by atoms with E-state index < -0.39 is 75.4 Å². The smallest absolute Gasteiger partial charge is 0.417 e. The van der Waals surface area contributed by atoms with Gasteiger partial charge in [0.2, 0.25) is 17.6 Å². The fraction of sp³-hybridized carbons (Fsp3) is 0.250. The molecule has 2 aliphatic heterocycles. The number of aromatic nitrogens is 1. The number of phenols is 1. The molecule has 2 saturated heterocycles. The quantitative estimate of drug-likeness (QED) is 0.125. The zero-order valence-electron chi connectivity index (χ0n) is 31.9. The van der Waals surface area contributed by atoms with Crippen molar-refractivity contribution in [2.75, 3.05) is 24.5 Å². The van der Waals surface area contributed by atoms with Crippen molar-refractivity contribution in [3.8, 4) is 17.2 Å². The number of fused-ring (bicyclic) bond motifs is 4. The fourth-order valence-corrected chi connectivity index (χ4v) is 9.59. The topological polar surface area (TPSA) is 138 Å². The number of hydrogen-bond acceptors (Lipinski definition) is 9. The van der Waals surface area contributed by atoms with Crippen LogP contribution >= 0.6 is 23.2 Å². The van der Waals surface area contributed by atoms with Gasteiger partial charge >= 0.3 is 6.18 Å². The number of benzene rings is 3. The number of aromatic hydroxyl groups is 1. The van der Waals surface area contributed by atoms with Gasteiger partial charge < -0.3 is 14.6 Å². The van der Waals surface area contributed by atoms with E-state index in [1.54, 1.807) is 78.9 Å². The number of imide groups is 2. The average Bonchev–Trinajstić information content (AvgIpc) is 3.61. The molecular formula is C44H35Cl2F3N4O7. The molecule has 0 spiro atoms. The molecule has 0 unspecified atom stereocenters. The molecule has 16 heteroatoms. The maximum absolute atomic E-state index is 15.4. The lowest BCUT2D eigenvalue weighted by Crippen LogP contribution is -2.54. The van der Waals surface area contributed by atoms with Crippen molar-refractivity contribution in [2.45, 2.75) is 24.4 Å². The molecule has 2 aliphatic carbocycles. The van der Waals surface area contributed by atoms with Crippen molar-refractivity contribution >= 4 is 70.5 Å². The van der Waals surface area contributed by atoms with E-state index in [1.165, 1.54) is 19.1 Å². The Hall–Kier alpha value is -6.12. The number of amides is 4. The summed E-state index contributed by atoms with van der Waals surface area (Å²) in [5.74, 6) is -7.35. The van der Waals surface area contributed by atoms with Gasteiger partial charge in [-0.25, -0.2) is 4.98 Å². The SMILES string of the molecule is C=Cc1ccc(N2C(=O)[C@H]3[C@H](CC=C4[C@H]3C[C@H]3C(=O)N(Nc5ncc(C(F)(F)F)cc5Cl)C(=O)[C@@]3(c3ccc(Cl)cc3)[C@H]4C=Cc3cc(OC)c(O)c(OC)c3)C2=O)cc1. The molecule has 1 aromatic heterocycles. The van der Waals surface area contributed by atoms with Gasteiger partial charge in [0, 0.05) is 17.1 Å². The van der Waals surface area contributed by atoms with Crippen molar-refractivity contribution in [2.24, 2.45) is 29.6 Å². The number of anilines is 2. The number of nitrogens with one attached hydrogen (secondary N) is 1. The molecule has 4 aromatic rings. The van der Waals surface area contributed by atoms with Gasteiger partial charge in [-0.2, -0.15) is 18.2 Å². The first kappa shape index (κ1) is 40.7. The molecule has 308 valence electrons. The minimum atomic E-state index is -4.77. The van der Waals surface area contributed by atoms with Crippen LogP contribution in [0.25, 0.3) is 12.2 Å². The van der Waals surface area contributed by atoms with Gasteiger partial charge in [0.1, 0.15) is 0 Å². The van der Waals surface area contributed by atoms with Crippen LogP contribution in [0.3, 0.4) is 0 Å². The number of halogens is 5. The number of ether oxygens (including phenoxy) is 2. The van der Waals surface area contributed by atoms with Crippen LogP contribution in [0.2, 0.25) is 10.0 Å². The number of methoxy groups -OCH3 is 2. The Labute approximate surface area is 351 Å². The fourth-order valence-electron chi connectivity index (χ4n) is 9.26. The van der Waals surface area contributed by atoms with Gasteiger partial charge in [-0.3, -0.25) is 29.5 Å². The van der Waals surface area contributed by atoms with Gasteiger partial charge in [0.15, 0.2) is 17.3 Å². The summed E-state index contributed by atoms with van der Waals surface area (Å²) in [6.45, 7) is 3.77. The van der Waals surface area contributed by atoms with Crippen LogP contribution in [0.5, 0.6) is 17.2 Å². The van der Waals surface area contributed by atoms with Crippen molar-refractivity contribution in [3.05, 3.63) is 130 Å². The lowest BCUT2D eigenvalue weighted by molar-refractivity contribution is -0.139. The largest absolute Gasteiger partial charge is 0.502 e. The van der Waals surface area contributed by atoms with E-state index in [9.17, 15) is 32.7 Å². The Morgan fingerprint density at radius 1 is 0.917 bits per heavy atom. The van der Waals surface area contributed by atoms with Crippen LogP contribution in [0, 0.1) is 29.6 Å². The van der Waals surface area contributed by atoms with Gasteiger partial charge in [-0.05, 0) is 77.9 Å². The van der Waals surface area contributed by atoms with Crippen molar-refractivity contribution in [3.63, 3.8) is 0 Å². The third kappa shape index (κ3) is 6.40. The highest BCUT2D eigenvalue weighted by Crippen LogP contribution is 2.62. The third-order valence-corrected chi connectivity index (χ3v) is 12.5. The van der Waals surface area contributed by atoms with Crippen molar-refractivity contribution in [1.29, 1.82) is 0 Å². The molecule has 3 aromatic carbocycles. The van der Waals surface area contributed by atoms with Crippen LogP contribution < -0.4 is 19.8 Å². The second-order valence-electron chi connectivity index (χ2n) is 14.9. The maximum Gasteiger partial charge on any atom is 0.417 e. The minimum Gasteiger partial charge on any atom is -0.502 e. The number of alkyl halides is 3. The Kier molecular flexibility index (Phi) is 10.3. The van der Waals surface area contributed by atoms with E-state index in [2.05, 4.69) is 17.0 Å². The van der Waals surface area contributed by atoms with Crippen LogP contribution in [-0.2, 0) is 30.8 Å². The standard InChI is InChI=1S/C44H35Cl2F3N4O7/c1-4-22-5-12-27(13-6-22)52-39(55)29-15-14-28-30(36(29)41(52)57)20-32-40(56)53(51-38-33(46)19-25(21-50-38)44(47,48)49)42(58)43(32,24-8-10-26(45)11-9-24)31(28)16-7-23-17-34(59-2)37(54)35(18-23)60-3/h4-14,16-19,21,29-32,36,54H,1,15,20H2,2-3H3,(H,50,51)/t29-,30+,31-,32-,36-,43-/m0/s1. The van der Waals surface area contributed by atoms with Crippen LogP contribution in [-0.4, -0.2) is 52.9 Å². The zero-order chi connectivity index (χ0) is 42.8. The Morgan fingerprint density at radius 3 is 2.18 bits per heavy atom. The number of pyridine rings is 1. The van der Waals surface area contributed by atoms with Gasteiger partial charge in [-0.1, -0.05) is 83.9 Å². The molecule has 3 fully saturated rings. The molecule has 1 saturated carbocycles.